The van der Waals surface area contributed by atoms with Crippen LogP contribution in [0, 0.1) is 11.8 Å². The van der Waals surface area contributed by atoms with Gasteiger partial charge in [0, 0.05) is 31.0 Å². The lowest BCUT2D eigenvalue weighted by Gasteiger charge is -2.45. The molecule has 0 aromatic carbocycles. The van der Waals surface area contributed by atoms with Crippen LogP contribution in [0.4, 0.5) is 0 Å². The van der Waals surface area contributed by atoms with Gasteiger partial charge in [0.05, 0.1) is 13.2 Å². The van der Waals surface area contributed by atoms with E-state index in [1.165, 1.54) is 13.1 Å². The van der Waals surface area contributed by atoms with Gasteiger partial charge in [0.1, 0.15) is 0 Å². The number of hydrogen-bond acceptors (Lipinski definition) is 3. The van der Waals surface area contributed by atoms with E-state index in [1.807, 2.05) is 0 Å². The first-order valence-electron chi connectivity index (χ1n) is 4.75. The van der Waals surface area contributed by atoms with E-state index in [9.17, 15) is 0 Å². The molecule has 2 heterocycles. The monoisotopic (exact) mass is 170 g/mol. The highest BCUT2D eigenvalue weighted by Gasteiger charge is 2.37. The van der Waals surface area contributed by atoms with Gasteiger partial charge >= 0.3 is 0 Å². The summed E-state index contributed by atoms with van der Waals surface area (Å²) in [5.41, 5.74) is 0. The van der Waals surface area contributed by atoms with E-state index in [4.69, 9.17) is 4.74 Å². The molecule has 2 aliphatic heterocycles. The minimum absolute atomic E-state index is 0.690. The van der Waals surface area contributed by atoms with Crippen molar-refractivity contribution in [2.24, 2.45) is 11.8 Å². The van der Waals surface area contributed by atoms with E-state index in [0.29, 0.717) is 17.9 Å². The second-order valence-corrected chi connectivity index (χ2v) is 4.09. The van der Waals surface area contributed by atoms with Gasteiger partial charge in [-0.25, -0.2) is 0 Å². The van der Waals surface area contributed by atoms with Gasteiger partial charge in [-0.15, -0.1) is 0 Å². The van der Waals surface area contributed by atoms with Crippen molar-refractivity contribution in [1.82, 2.24) is 10.2 Å². The fraction of sp³-hybridized carbons (Fsp3) is 1.00. The predicted octanol–water partition coefficient (Wildman–Crippen LogP) is -0.218. The number of nitrogens with zero attached hydrogens (tertiary/aromatic N) is 1. The van der Waals surface area contributed by atoms with Crippen LogP contribution in [0.3, 0.4) is 0 Å². The molecule has 0 spiro atoms. The molecule has 0 radical (unpaired) electrons. The van der Waals surface area contributed by atoms with Gasteiger partial charge in [-0.1, -0.05) is 0 Å². The van der Waals surface area contributed by atoms with E-state index < -0.39 is 0 Å². The van der Waals surface area contributed by atoms with Gasteiger partial charge < -0.3 is 15.0 Å². The molecular weight excluding hydrogens is 152 g/mol. The maximum atomic E-state index is 5.55. The third kappa shape index (κ3) is 1.37. The third-order valence-corrected chi connectivity index (χ3v) is 3.11. The van der Waals surface area contributed by atoms with Gasteiger partial charge in [0.2, 0.25) is 0 Å². The molecule has 3 heteroatoms. The largest absolute Gasteiger partial charge is 0.381 e. The zero-order valence-corrected chi connectivity index (χ0v) is 7.92. The van der Waals surface area contributed by atoms with E-state index in [1.54, 1.807) is 0 Å². The molecule has 1 N–H and O–H groups in total. The Labute approximate surface area is 74.1 Å². The summed E-state index contributed by atoms with van der Waals surface area (Å²) in [6.07, 6.45) is 0. The summed E-state index contributed by atoms with van der Waals surface area (Å²) in [5.74, 6) is 1.40. The molecular formula is C9H18N2O. The fourth-order valence-electron chi connectivity index (χ4n) is 2.64. The Hall–Kier alpha value is -0.120. The average Bonchev–Trinajstić information content (AvgIpc) is 2.02. The molecule has 2 saturated heterocycles. The Kier molecular flexibility index (Phi) is 2.35. The van der Waals surface area contributed by atoms with Crippen LogP contribution in [0.2, 0.25) is 0 Å². The summed E-state index contributed by atoms with van der Waals surface area (Å²) in [4.78, 5) is 2.42. The maximum absolute atomic E-state index is 5.55. The van der Waals surface area contributed by atoms with Gasteiger partial charge in [-0.2, -0.15) is 0 Å². The zero-order chi connectivity index (χ0) is 8.55. The molecule has 2 fully saturated rings. The van der Waals surface area contributed by atoms with Crippen molar-refractivity contribution in [3.8, 4) is 0 Å². The Morgan fingerprint density at radius 3 is 2.33 bits per heavy atom. The molecule has 0 aliphatic carbocycles. The highest BCUT2D eigenvalue weighted by atomic mass is 16.5. The van der Waals surface area contributed by atoms with Crippen LogP contribution in [0.25, 0.3) is 0 Å². The lowest BCUT2D eigenvalue weighted by molar-refractivity contribution is -0.0565. The van der Waals surface area contributed by atoms with Crippen LogP contribution in [-0.2, 0) is 4.74 Å². The van der Waals surface area contributed by atoms with Crippen molar-refractivity contribution in [3.63, 3.8) is 0 Å². The Balaban J connectivity index is 2.06. The lowest BCUT2D eigenvalue weighted by atomic mass is 9.83. The summed E-state index contributed by atoms with van der Waals surface area (Å²) in [6.45, 7) is 4.24. The Morgan fingerprint density at radius 1 is 1.25 bits per heavy atom. The molecule has 3 nitrogen and oxygen atoms in total. The number of rotatable bonds is 1. The molecule has 2 unspecified atom stereocenters. The average molecular weight is 170 g/mol. The molecule has 2 rings (SSSR count). The van der Waals surface area contributed by atoms with Crippen LogP contribution in [0.15, 0.2) is 0 Å². The third-order valence-electron chi connectivity index (χ3n) is 3.11. The first-order valence-corrected chi connectivity index (χ1v) is 4.75. The number of likely N-dealkylation sites (tertiary alicyclic amines) is 1. The van der Waals surface area contributed by atoms with Crippen LogP contribution in [-0.4, -0.2) is 51.3 Å². The van der Waals surface area contributed by atoms with E-state index in [0.717, 1.165) is 13.2 Å². The molecule has 0 aromatic heterocycles. The van der Waals surface area contributed by atoms with Crippen LogP contribution in [0.5, 0.6) is 0 Å². The molecule has 2 atom stereocenters. The van der Waals surface area contributed by atoms with Crippen LogP contribution >= 0.6 is 0 Å². The normalized spacial score (nSPS) is 43.0. The second-order valence-electron chi connectivity index (χ2n) is 4.09. The number of hydrogen-bond donors (Lipinski definition) is 1. The van der Waals surface area contributed by atoms with E-state index in [-0.39, 0.29) is 0 Å². The summed E-state index contributed by atoms with van der Waals surface area (Å²) >= 11 is 0. The molecule has 0 saturated carbocycles. The summed E-state index contributed by atoms with van der Waals surface area (Å²) < 4.78 is 5.55. The summed E-state index contributed by atoms with van der Waals surface area (Å²) in [7, 11) is 4.28. The molecule has 70 valence electrons. The number of fused-ring (bicyclic) bond motifs is 2. The smallest absolute Gasteiger partial charge is 0.0521 e. The summed E-state index contributed by atoms with van der Waals surface area (Å²) in [6, 6.07) is 0.690. The van der Waals surface area contributed by atoms with Crippen LogP contribution < -0.4 is 5.32 Å². The SMILES string of the molecule is CNC1C2COCC1CN(C)C2. The zero-order valence-electron chi connectivity index (χ0n) is 7.92. The maximum Gasteiger partial charge on any atom is 0.0521 e. The first-order chi connectivity index (χ1) is 5.81. The van der Waals surface area contributed by atoms with Crippen molar-refractivity contribution < 1.29 is 4.74 Å². The molecule has 0 aromatic rings. The van der Waals surface area contributed by atoms with Crippen molar-refractivity contribution in [3.05, 3.63) is 0 Å². The number of ether oxygens (including phenoxy) is 1. The molecule has 12 heavy (non-hydrogen) atoms. The fourth-order valence-corrected chi connectivity index (χ4v) is 2.64. The highest BCUT2D eigenvalue weighted by molar-refractivity contribution is 4.92. The molecule has 0 amide bonds. The predicted molar refractivity (Wildman–Crippen MR) is 48.1 cm³/mol. The summed E-state index contributed by atoms with van der Waals surface area (Å²) in [5, 5.41) is 3.42. The molecule has 2 aliphatic rings. The number of nitrogens with one attached hydrogen (secondary N) is 1. The number of piperidine rings is 1. The first kappa shape index (κ1) is 8.48. The van der Waals surface area contributed by atoms with Crippen LogP contribution in [0.1, 0.15) is 0 Å². The quantitative estimate of drug-likeness (QED) is 0.589. The molecule has 2 bridgehead atoms. The van der Waals surface area contributed by atoms with Crippen molar-refractivity contribution in [1.29, 1.82) is 0 Å². The minimum atomic E-state index is 0.690. The van der Waals surface area contributed by atoms with Crippen molar-refractivity contribution in [2.75, 3.05) is 40.4 Å². The minimum Gasteiger partial charge on any atom is -0.381 e. The Morgan fingerprint density at radius 2 is 1.83 bits per heavy atom. The van der Waals surface area contributed by atoms with Gasteiger partial charge in [-0.3, -0.25) is 0 Å². The highest BCUT2D eigenvalue weighted by Crippen LogP contribution is 2.26. The van der Waals surface area contributed by atoms with Crippen molar-refractivity contribution in [2.45, 2.75) is 6.04 Å². The standard InChI is InChI=1S/C9H18N2O/c1-10-9-7-3-11(2)4-8(9)6-12-5-7/h7-10H,3-6H2,1-2H3. The van der Waals surface area contributed by atoms with Crippen molar-refractivity contribution >= 4 is 0 Å². The van der Waals surface area contributed by atoms with Gasteiger partial charge in [0.25, 0.3) is 0 Å². The Bertz CT molecular complexity index is 149. The lowest BCUT2D eigenvalue weighted by Crippen LogP contribution is -2.58. The second kappa shape index (κ2) is 3.32. The van der Waals surface area contributed by atoms with Gasteiger partial charge in [0.15, 0.2) is 0 Å². The van der Waals surface area contributed by atoms with E-state index in [2.05, 4.69) is 24.3 Å². The topological polar surface area (TPSA) is 24.5 Å². The van der Waals surface area contributed by atoms with Gasteiger partial charge in [-0.05, 0) is 14.1 Å². The van der Waals surface area contributed by atoms with E-state index >= 15 is 0 Å².